The number of aliphatic hydroxyl groups is 1. The summed E-state index contributed by atoms with van der Waals surface area (Å²) < 4.78 is 7.20. The van der Waals surface area contributed by atoms with Gasteiger partial charge in [0.15, 0.2) is 0 Å². The van der Waals surface area contributed by atoms with E-state index >= 15 is 0 Å². The van der Waals surface area contributed by atoms with Gasteiger partial charge in [0.2, 0.25) is 0 Å². The molecule has 1 amide bonds. The zero-order valence-electron chi connectivity index (χ0n) is 20.8. The number of carbonyl (C=O) groups excluding carboxylic acids is 1. The van der Waals surface area contributed by atoms with Gasteiger partial charge in [-0.05, 0) is 63.1 Å². The van der Waals surface area contributed by atoms with Crippen molar-refractivity contribution in [2.45, 2.75) is 70.1 Å². The summed E-state index contributed by atoms with van der Waals surface area (Å²) in [6, 6.07) is 13.9. The number of amides is 1. The molecular formula is C28H33N3O5. The Morgan fingerprint density at radius 1 is 1.08 bits per heavy atom. The average Bonchev–Trinajstić information content (AvgIpc) is 3.29. The maximum Gasteiger partial charge on any atom is 0.414 e. The van der Waals surface area contributed by atoms with E-state index in [0.29, 0.717) is 25.1 Å². The van der Waals surface area contributed by atoms with Gasteiger partial charge in [0.25, 0.3) is 0 Å². The standard InChI is InChI=1S/C28H33N3O5/c1-17-8-13-21-22(30(17)28(35)36-2)14-15-23-25(21)29-26(24(32)16-18-6-4-3-5-7-18)31(23)20-11-9-19(10-12-20)27(33)34/h3-7,14-15,17,19-20,24,32H,8-13,16H2,1-2H3,(H,33,34)/t17-,19-,20-,24-/m0/s1. The number of nitrogens with zero attached hydrogens (tertiary/aromatic N) is 3. The number of hydrogen-bond donors (Lipinski definition) is 2. The van der Waals surface area contributed by atoms with Crippen LogP contribution in [0.5, 0.6) is 0 Å². The van der Waals surface area contributed by atoms with Gasteiger partial charge in [-0.25, -0.2) is 9.78 Å². The first-order valence-corrected chi connectivity index (χ1v) is 12.7. The van der Waals surface area contributed by atoms with Crippen molar-refractivity contribution in [2.24, 2.45) is 5.92 Å². The van der Waals surface area contributed by atoms with Crippen LogP contribution in [-0.2, 0) is 22.4 Å². The summed E-state index contributed by atoms with van der Waals surface area (Å²) >= 11 is 0. The van der Waals surface area contributed by atoms with Crippen molar-refractivity contribution < 1.29 is 24.5 Å². The highest BCUT2D eigenvalue weighted by Crippen LogP contribution is 2.41. The summed E-state index contributed by atoms with van der Waals surface area (Å²) in [5.74, 6) is -0.458. The van der Waals surface area contributed by atoms with Crippen molar-refractivity contribution in [3.05, 3.63) is 59.4 Å². The van der Waals surface area contributed by atoms with Gasteiger partial charge in [-0.3, -0.25) is 9.69 Å². The van der Waals surface area contributed by atoms with Crippen LogP contribution in [0.2, 0.25) is 0 Å². The number of aliphatic hydroxyl groups excluding tert-OH is 1. The number of methoxy groups -OCH3 is 1. The molecule has 1 fully saturated rings. The minimum Gasteiger partial charge on any atom is -0.481 e. The van der Waals surface area contributed by atoms with E-state index in [1.165, 1.54) is 7.11 Å². The lowest BCUT2D eigenvalue weighted by molar-refractivity contribution is -0.143. The largest absolute Gasteiger partial charge is 0.481 e. The number of imidazole rings is 1. The number of aromatic nitrogens is 2. The first-order valence-electron chi connectivity index (χ1n) is 12.7. The quantitative estimate of drug-likeness (QED) is 0.518. The summed E-state index contributed by atoms with van der Waals surface area (Å²) in [5.41, 5.74) is 4.54. The van der Waals surface area contributed by atoms with Gasteiger partial charge in [0, 0.05) is 24.1 Å². The van der Waals surface area contributed by atoms with Crippen LogP contribution in [0.4, 0.5) is 10.5 Å². The molecule has 3 aromatic rings. The number of benzene rings is 2. The van der Waals surface area contributed by atoms with E-state index < -0.39 is 18.2 Å². The SMILES string of the molecule is COC(=O)N1c2ccc3c(nc([C@@H](O)Cc4ccccc4)n3[C@H]3CC[C@H](C(=O)O)CC3)c2CC[C@@H]1C. The second-order valence-electron chi connectivity index (χ2n) is 10.0. The van der Waals surface area contributed by atoms with Crippen LogP contribution in [0.3, 0.4) is 0 Å². The molecule has 0 bridgehead atoms. The summed E-state index contributed by atoms with van der Waals surface area (Å²) in [7, 11) is 1.39. The second-order valence-corrected chi connectivity index (χ2v) is 10.0. The number of rotatable bonds is 5. The molecule has 0 unspecified atom stereocenters. The average molecular weight is 492 g/mol. The van der Waals surface area contributed by atoms with Crippen LogP contribution in [0.1, 0.15) is 68.1 Å². The minimum atomic E-state index is -0.813. The van der Waals surface area contributed by atoms with Crippen molar-refractivity contribution in [2.75, 3.05) is 12.0 Å². The van der Waals surface area contributed by atoms with E-state index in [-0.39, 0.29) is 18.0 Å². The zero-order valence-corrected chi connectivity index (χ0v) is 20.8. The van der Waals surface area contributed by atoms with Crippen molar-refractivity contribution in [3.8, 4) is 0 Å². The summed E-state index contributed by atoms with van der Waals surface area (Å²) in [6.07, 6.45) is 3.44. The van der Waals surface area contributed by atoms with Crippen molar-refractivity contribution >= 4 is 28.8 Å². The Hall–Kier alpha value is -3.39. The molecule has 8 nitrogen and oxygen atoms in total. The van der Waals surface area contributed by atoms with Crippen LogP contribution in [0.25, 0.3) is 11.0 Å². The van der Waals surface area contributed by atoms with Crippen LogP contribution >= 0.6 is 0 Å². The Bertz CT molecular complexity index is 1260. The molecule has 2 N–H and O–H groups in total. The number of aryl methyl sites for hydroxylation is 1. The molecular weight excluding hydrogens is 458 g/mol. The Balaban J connectivity index is 1.60. The molecule has 5 rings (SSSR count). The number of ether oxygens (including phenoxy) is 1. The smallest absolute Gasteiger partial charge is 0.414 e. The van der Waals surface area contributed by atoms with Gasteiger partial charge in [0.1, 0.15) is 11.9 Å². The number of fused-ring (bicyclic) bond motifs is 3. The lowest BCUT2D eigenvalue weighted by atomic mass is 9.85. The van der Waals surface area contributed by atoms with Gasteiger partial charge in [0.05, 0.1) is 29.7 Å². The molecule has 8 heteroatoms. The Labute approximate surface area is 210 Å². The molecule has 2 atom stereocenters. The lowest BCUT2D eigenvalue weighted by Gasteiger charge is -2.34. The monoisotopic (exact) mass is 491 g/mol. The molecule has 36 heavy (non-hydrogen) atoms. The fourth-order valence-corrected chi connectivity index (χ4v) is 5.92. The van der Waals surface area contributed by atoms with Crippen molar-refractivity contribution in [1.29, 1.82) is 0 Å². The van der Waals surface area contributed by atoms with E-state index in [9.17, 15) is 19.8 Å². The number of carboxylic acid groups (broad SMARTS) is 1. The van der Waals surface area contributed by atoms with Crippen LogP contribution in [-0.4, -0.2) is 45.0 Å². The summed E-state index contributed by atoms with van der Waals surface area (Å²) in [5, 5.41) is 20.9. The highest BCUT2D eigenvalue weighted by Gasteiger charge is 2.34. The number of anilines is 1. The fourth-order valence-electron chi connectivity index (χ4n) is 5.92. The molecule has 2 aliphatic rings. The molecule has 190 valence electrons. The van der Waals surface area contributed by atoms with E-state index in [0.717, 1.165) is 53.5 Å². The summed E-state index contributed by atoms with van der Waals surface area (Å²) in [6.45, 7) is 2.01. The number of hydrogen-bond acceptors (Lipinski definition) is 5. The molecule has 0 saturated heterocycles. The maximum absolute atomic E-state index is 12.6. The van der Waals surface area contributed by atoms with Crippen LogP contribution < -0.4 is 4.90 Å². The molecule has 1 aromatic heterocycles. The lowest BCUT2D eigenvalue weighted by Crippen LogP contribution is -2.42. The predicted molar refractivity (Wildman–Crippen MR) is 136 cm³/mol. The third kappa shape index (κ3) is 4.34. The second kappa shape index (κ2) is 9.93. The maximum atomic E-state index is 12.6. The molecule has 2 aromatic carbocycles. The van der Waals surface area contributed by atoms with Gasteiger partial charge < -0.3 is 19.5 Å². The number of carbonyl (C=O) groups is 2. The topological polar surface area (TPSA) is 105 Å². The molecule has 1 aliphatic carbocycles. The first kappa shape index (κ1) is 24.3. The third-order valence-corrected chi connectivity index (χ3v) is 7.83. The van der Waals surface area contributed by atoms with Gasteiger partial charge >= 0.3 is 12.1 Å². The first-order chi connectivity index (χ1) is 17.4. The molecule has 1 saturated carbocycles. The Morgan fingerprint density at radius 3 is 2.47 bits per heavy atom. The fraction of sp³-hybridized carbons (Fsp3) is 0.464. The Kier molecular flexibility index (Phi) is 6.71. The van der Waals surface area contributed by atoms with Gasteiger partial charge in [-0.15, -0.1) is 0 Å². The summed E-state index contributed by atoms with van der Waals surface area (Å²) in [4.78, 5) is 30.8. The normalized spacial score (nSPS) is 22.8. The van der Waals surface area contributed by atoms with Crippen LogP contribution in [0.15, 0.2) is 42.5 Å². The number of aliphatic carboxylic acids is 1. The Morgan fingerprint density at radius 2 is 1.81 bits per heavy atom. The van der Waals surface area contributed by atoms with Gasteiger partial charge in [-0.1, -0.05) is 30.3 Å². The zero-order chi connectivity index (χ0) is 25.4. The van der Waals surface area contributed by atoms with E-state index in [2.05, 4.69) is 4.57 Å². The predicted octanol–water partition coefficient (Wildman–Crippen LogP) is 5.04. The van der Waals surface area contributed by atoms with Crippen LogP contribution in [0, 0.1) is 5.92 Å². The highest BCUT2D eigenvalue weighted by atomic mass is 16.5. The highest BCUT2D eigenvalue weighted by molar-refractivity contribution is 5.95. The van der Waals surface area contributed by atoms with Crippen molar-refractivity contribution in [1.82, 2.24) is 9.55 Å². The molecule has 0 spiro atoms. The minimum absolute atomic E-state index is 0.0129. The molecule has 1 aliphatic heterocycles. The van der Waals surface area contributed by atoms with Gasteiger partial charge in [-0.2, -0.15) is 0 Å². The number of carboxylic acids is 1. The van der Waals surface area contributed by atoms with E-state index in [1.807, 2.05) is 49.4 Å². The van der Waals surface area contributed by atoms with E-state index in [4.69, 9.17) is 9.72 Å². The van der Waals surface area contributed by atoms with E-state index in [1.54, 1.807) is 4.90 Å². The molecule has 0 radical (unpaired) electrons. The third-order valence-electron chi connectivity index (χ3n) is 7.83. The van der Waals surface area contributed by atoms with Crippen molar-refractivity contribution in [3.63, 3.8) is 0 Å². The molecule has 2 heterocycles.